The predicted octanol–water partition coefficient (Wildman–Crippen LogP) is 4.23. The lowest BCUT2D eigenvalue weighted by Crippen LogP contribution is -2.47. The number of carbonyl (C=O) groups excluding carboxylic acids is 1. The van der Waals surface area contributed by atoms with E-state index in [0.29, 0.717) is 31.7 Å². The van der Waals surface area contributed by atoms with E-state index in [2.05, 4.69) is 22.1 Å². The molecule has 42 heavy (non-hydrogen) atoms. The summed E-state index contributed by atoms with van der Waals surface area (Å²) in [5, 5.41) is 25.2. The molecule has 0 bridgehead atoms. The van der Waals surface area contributed by atoms with Crippen LogP contribution >= 0.6 is 0 Å². The van der Waals surface area contributed by atoms with Crippen molar-refractivity contribution in [2.45, 2.75) is 69.1 Å². The highest BCUT2D eigenvalue weighted by Crippen LogP contribution is 2.38. The van der Waals surface area contributed by atoms with Gasteiger partial charge in [-0.05, 0) is 68.7 Å². The van der Waals surface area contributed by atoms with Gasteiger partial charge in [-0.2, -0.15) is 0 Å². The molecule has 0 radical (unpaired) electrons. The number of carbonyl (C=O) groups is 1. The number of benzene rings is 2. The molecule has 1 unspecified atom stereocenters. The highest BCUT2D eigenvalue weighted by Gasteiger charge is 2.35. The van der Waals surface area contributed by atoms with Gasteiger partial charge in [-0.15, -0.1) is 0 Å². The second-order valence-electron chi connectivity index (χ2n) is 12.5. The van der Waals surface area contributed by atoms with Crippen molar-refractivity contribution in [2.24, 2.45) is 5.92 Å². The second-order valence-corrected chi connectivity index (χ2v) is 12.5. The normalized spacial score (nSPS) is 27.8. The molecule has 4 N–H and O–H groups in total. The molecule has 1 amide bonds. The van der Waals surface area contributed by atoms with Crippen LogP contribution in [0.15, 0.2) is 42.5 Å². The summed E-state index contributed by atoms with van der Waals surface area (Å²) in [6, 6.07) is 13.6. The van der Waals surface area contributed by atoms with Crippen LogP contribution < -0.4 is 19.5 Å². The lowest BCUT2D eigenvalue weighted by Gasteiger charge is -2.39. The number of likely N-dealkylation sites (tertiary alicyclic amines) is 1. The molecule has 3 aromatic rings. The smallest absolute Gasteiger partial charge is 0.267 e. The first-order chi connectivity index (χ1) is 20.3. The van der Waals surface area contributed by atoms with Crippen LogP contribution in [0.25, 0.3) is 10.9 Å². The maximum absolute atomic E-state index is 13.2. The van der Waals surface area contributed by atoms with Crippen molar-refractivity contribution in [3.8, 4) is 17.2 Å². The molecule has 2 fully saturated rings. The van der Waals surface area contributed by atoms with Crippen molar-refractivity contribution in [3.05, 3.63) is 53.7 Å². The van der Waals surface area contributed by atoms with Gasteiger partial charge in [-0.25, -0.2) is 0 Å². The highest BCUT2D eigenvalue weighted by atomic mass is 16.5. The summed E-state index contributed by atoms with van der Waals surface area (Å²) in [6.45, 7) is 5.72. The lowest BCUT2D eigenvalue weighted by molar-refractivity contribution is -0.0272. The van der Waals surface area contributed by atoms with E-state index >= 15 is 0 Å². The molecule has 1 aromatic heterocycles. The number of piperidine rings is 1. The van der Waals surface area contributed by atoms with Crippen molar-refractivity contribution in [3.63, 3.8) is 0 Å². The van der Waals surface area contributed by atoms with E-state index < -0.39 is 5.60 Å². The minimum atomic E-state index is -0.690. The van der Waals surface area contributed by atoms with Gasteiger partial charge in [0.1, 0.15) is 22.9 Å². The molecule has 3 heterocycles. The third-order valence-electron chi connectivity index (χ3n) is 9.50. The molecular formula is C33H43N3O6. The summed E-state index contributed by atoms with van der Waals surface area (Å²) >= 11 is 0. The van der Waals surface area contributed by atoms with Crippen molar-refractivity contribution in [1.82, 2.24) is 15.2 Å². The zero-order chi connectivity index (χ0) is 29.3. The van der Waals surface area contributed by atoms with Crippen molar-refractivity contribution >= 4 is 16.8 Å². The molecule has 3 aliphatic rings. The number of aromatic nitrogens is 1. The molecule has 2 aromatic carbocycles. The fourth-order valence-corrected chi connectivity index (χ4v) is 6.69. The van der Waals surface area contributed by atoms with Gasteiger partial charge in [0.2, 0.25) is 0 Å². The molecule has 3 atom stereocenters. The number of ether oxygens (including phenoxy) is 3. The quantitative estimate of drug-likeness (QED) is 0.301. The van der Waals surface area contributed by atoms with Crippen molar-refractivity contribution in [2.75, 3.05) is 40.0 Å². The summed E-state index contributed by atoms with van der Waals surface area (Å²) in [5.74, 6) is 2.58. The van der Waals surface area contributed by atoms with E-state index in [0.717, 1.165) is 79.0 Å². The number of methoxy groups -OCH3 is 1. The molecule has 1 aliphatic carbocycles. The minimum Gasteiger partial charge on any atom is -0.497 e. The number of aliphatic hydroxyl groups is 2. The fraction of sp³-hybridized carbons (Fsp3) is 0.545. The van der Waals surface area contributed by atoms with Gasteiger partial charge in [0.05, 0.1) is 37.9 Å². The standard InChI is InChI=1S/C33H43N3O6/c1-21-18-36(14-10-29(21)37)15-13-33(39)11-8-23(9-12-33)34-32(38)28-17-26-27(35-28)4-3-5-30(26)41-19-22-20-42-31-16-24(40-2)6-7-25(22)31/h3-7,16-17,21-23,29,35,37,39H,8-15,18-20H2,1-2H3,(H,34,38)/t21-,22?,23?,29-,33?/m0/s1. The number of H-pyrrole nitrogens is 1. The first-order valence-corrected chi connectivity index (χ1v) is 15.3. The number of hydrogen-bond donors (Lipinski definition) is 4. The number of fused-ring (bicyclic) bond motifs is 2. The van der Waals surface area contributed by atoms with Crippen LogP contribution in [-0.4, -0.2) is 83.7 Å². The summed E-state index contributed by atoms with van der Waals surface area (Å²) in [6.07, 6.45) is 4.18. The van der Waals surface area contributed by atoms with Crippen LogP contribution in [0.1, 0.15) is 67.4 Å². The maximum Gasteiger partial charge on any atom is 0.267 e. The van der Waals surface area contributed by atoms with Crippen molar-refractivity contribution < 1.29 is 29.2 Å². The van der Waals surface area contributed by atoms with E-state index in [1.54, 1.807) is 7.11 Å². The number of amides is 1. The Balaban J connectivity index is 1.02. The van der Waals surface area contributed by atoms with Gasteiger partial charge in [0.15, 0.2) is 0 Å². The molecule has 6 rings (SSSR count). The predicted molar refractivity (Wildman–Crippen MR) is 161 cm³/mol. The van der Waals surface area contributed by atoms with Crippen LogP contribution in [0.4, 0.5) is 0 Å². The summed E-state index contributed by atoms with van der Waals surface area (Å²) in [4.78, 5) is 18.8. The molecule has 226 valence electrons. The maximum atomic E-state index is 13.2. The Bertz CT molecular complexity index is 1400. The first-order valence-electron chi connectivity index (χ1n) is 15.3. The molecule has 1 saturated carbocycles. The fourth-order valence-electron chi connectivity index (χ4n) is 6.69. The van der Waals surface area contributed by atoms with Crippen molar-refractivity contribution in [1.29, 1.82) is 0 Å². The van der Waals surface area contributed by atoms with Gasteiger partial charge < -0.3 is 39.6 Å². The molecule has 1 saturated heterocycles. The lowest BCUT2D eigenvalue weighted by atomic mass is 9.80. The van der Waals surface area contributed by atoms with Crippen LogP contribution in [0, 0.1) is 5.92 Å². The van der Waals surface area contributed by atoms with Crippen LogP contribution in [-0.2, 0) is 0 Å². The number of aliphatic hydroxyl groups excluding tert-OH is 1. The molecule has 9 nitrogen and oxygen atoms in total. The summed E-state index contributed by atoms with van der Waals surface area (Å²) < 4.78 is 17.4. The van der Waals surface area contributed by atoms with Gasteiger partial charge in [-0.3, -0.25) is 4.79 Å². The van der Waals surface area contributed by atoms with E-state index in [-0.39, 0.29) is 29.9 Å². The number of rotatable bonds is 9. The zero-order valence-electron chi connectivity index (χ0n) is 24.6. The highest BCUT2D eigenvalue weighted by molar-refractivity contribution is 5.99. The summed E-state index contributed by atoms with van der Waals surface area (Å²) in [7, 11) is 1.64. The topological polar surface area (TPSA) is 116 Å². The van der Waals surface area contributed by atoms with E-state index in [9.17, 15) is 15.0 Å². The second kappa shape index (κ2) is 12.1. The van der Waals surface area contributed by atoms with E-state index in [1.807, 2.05) is 42.5 Å². The number of aromatic amines is 1. The average Bonchev–Trinajstić information content (AvgIpc) is 3.62. The summed E-state index contributed by atoms with van der Waals surface area (Å²) in [5.41, 5.74) is 1.77. The molecule has 0 spiro atoms. The Hall–Kier alpha value is -3.27. The number of nitrogens with one attached hydrogen (secondary N) is 2. The average molecular weight is 578 g/mol. The minimum absolute atomic E-state index is 0.0334. The molecular weight excluding hydrogens is 534 g/mol. The number of nitrogens with zero attached hydrogens (tertiary/aromatic N) is 1. The van der Waals surface area contributed by atoms with Gasteiger partial charge in [0, 0.05) is 48.2 Å². The van der Waals surface area contributed by atoms with Crippen LogP contribution in [0.5, 0.6) is 17.2 Å². The van der Waals surface area contributed by atoms with Gasteiger partial charge in [-0.1, -0.05) is 19.1 Å². The molecule has 2 aliphatic heterocycles. The van der Waals surface area contributed by atoms with Crippen LogP contribution in [0.3, 0.4) is 0 Å². The van der Waals surface area contributed by atoms with Gasteiger partial charge >= 0.3 is 0 Å². The first kappa shape index (κ1) is 28.8. The SMILES string of the molecule is COc1ccc2c(c1)OCC2COc1cccc2[nH]c(C(=O)NC3CCC(O)(CCN4CC[C@H](O)[C@@H](C)C4)CC3)cc12. The Kier molecular flexibility index (Phi) is 8.34. The number of hydrogen-bond acceptors (Lipinski definition) is 7. The third-order valence-corrected chi connectivity index (χ3v) is 9.50. The largest absolute Gasteiger partial charge is 0.497 e. The Labute approximate surface area is 247 Å². The van der Waals surface area contributed by atoms with E-state index in [4.69, 9.17) is 14.2 Å². The monoisotopic (exact) mass is 577 g/mol. The zero-order valence-corrected chi connectivity index (χ0v) is 24.6. The van der Waals surface area contributed by atoms with Crippen LogP contribution in [0.2, 0.25) is 0 Å². The van der Waals surface area contributed by atoms with E-state index in [1.165, 1.54) is 0 Å². The molecule has 9 heteroatoms. The third kappa shape index (κ3) is 6.23. The Morgan fingerprint density at radius 3 is 2.81 bits per heavy atom. The van der Waals surface area contributed by atoms with Gasteiger partial charge in [0.25, 0.3) is 5.91 Å². The Morgan fingerprint density at radius 1 is 1.19 bits per heavy atom. The Morgan fingerprint density at radius 2 is 2.02 bits per heavy atom.